The highest BCUT2D eigenvalue weighted by atomic mass is 32.1. The predicted octanol–water partition coefficient (Wildman–Crippen LogP) is 2.29. The summed E-state index contributed by atoms with van der Waals surface area (Å²) < 4.78 is 0. The normalized spacial score (nSPS) is 10.9. The molecule has 3 rings (SSSR count). The van der Waals surface area contributed by atoms with Gasteiger partial charge in [-0.25, -0.2) is 4.98 Å². The first-order valence-electron chi connectivity index (χ1n) is 8.34. The van der Waals surface area contributed by atoms with Crippen LogP contribution in [0.15, 0.2) is 30.3 Å². The summed E-state index contributed by atoms with van der Waals surface area (Å²) in [7, 11) is 3.87. The van der Waals surface area contributed by atoms with Crippen LogP contribution >= 0.6 is 11.3 Å². The fraction of sp³-hybridized carbons (Fsp3) is 0.211. The number of nitrogens with zero attached hydrogens (tertiary/aromatic N) is 3. The third-order valence-corrected chi connectivity index (χ3v) is 5.23. The van der Waals surface area contributed by atoms with E-state index in [1.54, 1.807) is 0 Å². The number of aromatic nitrogens is 1. The van der Waals surface area contributed by atoms with Gasteiger partial charge in [-0.15, -0.1) is 11.3 Å². The Morgan fingerprint density at radius 3 is 2.63 bits per heavy atom. The van der Waals surface area contributed by atoms with E-state index < -0.39 is 0 Å². The van der Waals surface area contributed by atoms with Gasteiger partial charge >= 0.3 is 0 Å². The van der Waals surface area contributed by atoms with Crippen LogP contribution in [0.1, 0.15) is 15.2 Å². The number of carbonyl (C=O) groups excluding carboxylic acids is 1. The van der Waals surface area contributed by atoms with Crippen molar-refractivity contribution >= 4 is 39.0 Å². The number of fused-ring (bicyclic) bond motifs is 1. The highest BCUT2D eigenvalue weighted by Gasteiger charge is 2.24. The van der Waals surface area contributed by atoms with E-state index in [9.17, 15) is 10.1 Å². The van der Waals surface area contributed by atoms with Crippen molar-refractivity contribution in [2.75, 3.05) is 38.7 Å². The first-order chi connectivity index (χ1) is 12.9. The number of anilines is 2. The van der Waals surface area contributed by atoms with Gasteiger partial charge in [-0.05, 0) is 19.7 Å². The van der Waals surface area contributed by atoms with Crippen molar-refractivity contribution in [1.29, 1.82) is 5.26 Å². The number of thiophene rings is 1. The molecular weight excluding hydrogens is 360 g/mol. The summed E-state index contributed by atoms with van der Waals surface area (Å²) in [5.41, 5.74) is 14.3. The third kappa shape index (κ3) is 3.56. The second kappa shape index (κ2) is 7.61. The number of nitrogens with one attached hydrogen (secondary N) is 1. The van der Waals surface area contributed by atoms with Gasteiger partial charge in [0.2, 0.25) is 0 Å². The number of rotatable bonds is 5. The Bertz CT molecular complexity index is 1040. The molecule has 138 valence electrons. The lowest BCUT2D eigenvalue weighted by Crippen LogP contribution is -2.31. The standard InChI is InChI=1S/C19H20N6OS/c1-25(2)9-8-23-18(26)16-15(21)14-13(11-6-4-3-5-7-11)12(10-20)17(22)24-19(14)27-16/h3-7H,8-9,21H2,1-2H3,(H2,22,24)(H,23,26). The molecule has 3 aromatic rings. The molecule has 0 spiro atoms. The van der Waals surface area contributed by atoms with E-state index in [4.69, 9.17) is 11.5 Å². The average molecular weight is 380 g/mol. The molecule has 8 heteroatoms. The Hall–Kier alpha value is -3.15. The minimum absolute atomic E-state index is 0.129. The monoisotopic (exact) mass is 380 g/mol. The summed E-state index contributed by atoms with van der Waals surface area (Å²) in [4.78, 5) is 19.8. The molecule has 0 aliphatic rings. The second-order valence-electron chi connectivity index (χ2n) is 6.31. The van der Waals surface area contributed by atoms with E-state index in [-0.39, 0.29) is 17.3 Å². The highest BCUT2D eigenvalue weighted by molar-refractivity contribution is 7.21. The van der Waals surface area contributed by atoms with Crippen LogP contribution in [0.3, 0.4) is 0 Å². The Balaban J connectivity index is 2.15. The smallest absolute Gasteiger partial charge is 0.263 e. The number of hydrogen-bond donors (Lipinski definition) is 3. The van der Waals surface area contributed by atoms with Gasteiger partial charge in [-0.1, -0.05) is 30.3 Å². The molecular formula is C19H20N6OS. The van der Waals surface area contributed by atoms with Crippen molar-refractivity contribution in [3.05, 3.63) is 40.8 Å². The molecule has 0 fully saturated rings. The van der Waals surface area contributed by atoms with Gasteiger partial charge in [0.1, 0.15) is 27.2 Å². The number of carbonyl (C=O) groups is 1. The van der Waals surface area contributed by atoms with Gasteiger partial charge in [0.25, 0.3) is 5.91 Å². The zero-order chi connectivity index (χ0) is 19.6. The van der Waals surface area contributed by atoms with Crippen LogP contribution in [-0.4, -0.2) is 43.0 Å². The molecule has 0 atom stereocenters. The Morgan fingerprint density at radius 2 is 2.00 bits per heavy atom. The highest BCUT2D eigenvalue weighted by Crippen LogP contribution is 2.42. The maximum absolute atomic E-state index is 12.6. The van der Waals surface area contributed by atoms with Gasteiger partial charge < -0.3 is 21.7 Å². The van der Waals surface area contributed by atoms with Crippen molar-refractivity contribution in [3.8, 4) is 17.2 Å². The molecule has 5 N–H and O–H groups in total. The Morgan fingerprint density at radius 1 is 1.30 bits per heavy atom. The molecule has 1 aromatic carbocycles. The van der Waals surface area contributed by atoms with Crippen LogP contribution in [0.2, 0.25) is 0 Å². The van der Waals surface area contributed by atoms with Gasteiger partial charge in [0.15, 0.2) is 0 Å². The fourth-order valence-electron chi connectivity index (χ4n) is 2.82. The number of benzene rings is 1. The maximum Gasteiger partial charge on any atom is 0.263 e. The number of pyridine rings is 1. The lowest BCUT2D eigenvalue weighted by molar-refractivity contribution is 0.0956. The van der Waals surface area contributed by atoms with Crippen molar-refractivity contribution in [2.24, 2.45) is 0 Å². The Kier molecular flexibility index (Phi) is 5.26. The largest absolute Gasteiger partial charge is 0.397 e. The third-order valence-electron chi connectivity index (χ3n) is 4.13. The molecule has 0 aliphatic heterocycles. The second-order valence-corrected chi connectivity index (χ2v) is 7.31. The molecule has 0 saturated heterocycles. The maximum atomic E-state index is 12.6. The number of hydrogen-bond acceptors (Lipinski definition) is 7. The fourth-order valence-corrected chi connectivity index (χ4v) is 3.85. The molecule has 0 bridgehead atoms. The van der Waals surface area contributed by atoms with E-state index in [0.29, 0.717) is 32.9 Å². The molecule has 2 aromatic heterocycles. The van der Waals surface area contributed by atoms with E-state index in [2.05, 4.69) is 16.4 Å². The number of nitriles is 1. The van der Waals surface area contributed by atoms with Gasteiger partial charge in [-0.2, -0.15) is 5.26 Å². The average Bonchev–Trinajstić information content (AvgIpc) is 2.97. The minimum Gasteiger partial charge on any atom is -0.397 e. The Labute approximate surface area is 161 Å². The van der Waals surface area contributed by atoms with Crippen molar-refractivity contribution in [2.45, 2.75) is 0 Å². The lowest BCUT2D eigenvalue weighted by atomic mass is 9.97. The van der Waals surface area contributed by atoms with E-state index in [0.717, 1.165) is 12.1 Å². The number of nitrogen functional groups attached to an aromatic ring is 2. The summed E-state index contributed by atoms with van der Waals surface area (Å²) in [5.74, 6) is -0.127. The zero-order valence-electron chi connectivity index (χ0n) is 15.1. The van der Waals surface area contributed by atoms with E-state index in [1.165, 1.54) is 11.3 Å². The molecule has 7 nitrogen and oxygen atoms in total. The van der Waals surface area contributed by atoms with Gasteiger partial charge in [0, 0.05) is 24.0 Å². The van der Waals surface area contributed by atoms with Crippen LogP contribution < -0.4 is 16.8 Å². The quantitative estimate of drug-likeness (QED) is 0.624. The van der Waals surface area contributed by atoms with Crippen LogP contribution in [0.25, 0.3) is 21.3 Å². The minimum atomic E-state index is -0.256. The van der Waals surface area contributed by atoms with Crippen LogP contribution in [0.4, 0.5) is 11.5 Å². The number of nitrogens with two attached hydrogens (primary N) is 2. The molecule has 0 radical (unpaired) electrons. The van der Waals surface area contributed by atoms with Crippen molar-refractivity contribution in [3.63, 3.8) is 0 Å². The van der Waals surface area contributed by atoms with Gasteiger partial charge in [-0.3, -0.25) is 4.79 Å². The number of likely N-dealkylation sites (N-methyl/N-ethyl adjacent to an activating group) is 1. The molecule has 1 amide bonds. The van der Waals surface area contributed by atoms with Crippen LogP contribution in [0, 0.1) is 11.3 Å². The topological polar surface area (TPSA) is 121 Å². The molecule has 0 unspecified atom stereocenters. The zero-order valence-corrected chi connectivity index (χ0v) is 15.9. The molecule has 0 saturated carbocycles. The molecule has 27 heavy (non-hydrogen) atoms. The van der Waals surface area contributed by atoms with Gasteiger partial charge in [0.05, 0.1) is 5.69 Å². The molecule has 2 heterocycles. The first kappa shape index (κ1) is 18.6. The van der Waals surface area contributed by atoms with E-state index >= 15 is 0 Å². The summed E-state index contributed by atoms with van der Waals surface area (Å²) >= 11 is 1.18. The summed E-state index contributed by atoms with van der Waals surface area (Å²) in [6, 6.07) is 11.5. The SMILES string of the molecule is CN(C)CCNC(=O)c1sc2nc(N)c(C#N)c(-c3ccccc3)c2c1N. The lowest BCUT2D eigenvalue weighted by Gasteiger charge is -2.10. The first-order valence-corrected chi connectivity index (χ1v) is 9.15. The van der Waals surface area contributed by atoms with Crippen LogP contribution in [0.5, 0.6) is 0 Å². The van der Waals surface area contributed by atoms with Crippen LogP contribution in [-0.2, 0) is 0 Å². The number of amides is 1. The summed E-state index contributed by atoms with van der Waals surface area (Å²) in [6.07, 6.45) is 0. The van der Waals surface area contributed by atoms with E-state index in [1.807, 2.05) is 49.3 Å². The summed E-state index contributed by atoms with van der Waals surface area (Å²) in [5, 5.41) is 13.1. The van der Waals surface area contributed by atoms with Crippen molar-refractivity contribution in [1.82, 2.24) is 15.2 Å². The molecule has 0 aliphatic carbocycles. The summed E-state index contributed by atoms with van der Waals surface area (Å²) in [6.45, 7) is 1.22. The predicted molar refractivity (Wildman–Crippen MR) is 109 cm³/mol. The van der Waals surface area contributed by atoms with Crippen molar-refractivity contribution < 1.29 is 4.79 Å².